The van der Waals surface area contributed by atoms with Crippen LogP contribution in [0.3, 0.4) is 0 Å². The lowest BCUT2D eigenvalue weighted by Crippen LogP contribution is -2.45. The summed E-state index contributed by atoms with van der Waals surface area (Å²) >= 11 is 0. The molecule has 2 heteroatoms. The first-order valence-electron chi connectivity index (χ1n) is 7.25. The molecule has 1 saturated carbocycles. The topological polar surface area (TPSA) is 12.0 Å². The Morgan fingerprint density at radius 1 is 1.28 bits per heavy atom. The third-order valence-electron chi connectivity index (χ3n) is 4.08. The highest BCUT2D eigenvalue weighted by molar-refractivity contribution is 5.24. The molecule has 1 aromatic carbocycles. The Labute approximate surface area is 110 Å². The largest absolute Gasteiger partial charge is 0.311 e. The van der Waals surface area contributed by atoms with Crippen LogP contribution in [0.2, 0.25) is 0 Å². The number of benzene rings is 1. The lowest BCUT2D eigenvalue weighted by atomic mass is 9.75. The first-order chi connectivity index (χ1) is 8.74. The monoisotopic (exact) mass is 249 g/mol. The van der Waals surface area contributed by atoms with Gasteiger partial charge in [-0.15, -0.1) is 0 Å². The van der Waals surface area contributed by atoms with Crippen molar-refractivity contribution in [3.05, 3.63) is 35.6 Å². The summed E-state index contributed by atoms with van der Waals surface area (Å²) in [4.78, 5) is 0. The fourth-order valence-corrected chi connectivity index (χ4v) is 2.90. The quantitative estimate of drug-likeness (QED) is 0.795. The Kier molecular flexibility index (Phi) is 4.76. The maximum Gasteiger partial charge on any atom is 0.126 e. The molecule has 1 aliphatic rings. The molecule has 1 atom stereocenters. The smallest absolute Gasteiger partial charge is 0.126 e. The average Bonchev–Trinajstić information content (AvgIpc) is 2.33. The molecule has 1 aliphatic carbocycles. The van der Waals surface area contributed by atoms with Gasteiger partial charge in [0.1, 0.15) is 5.82 Å². The van der Waals surface area contributed by atoms with Crippen LogP contribution >= 0.6 is 0 Å². The van der Waals surface area contributed by atoms with E-state index in [4.69, 9.17) is 0 Å². The van der Waals surface area contributed by atoms with Crippen molar-refractivity contribution in [1.82, 2.24) is 5.32 Å². The number of halogens is 1. The SMILES string of the molecule is CCCC(CC)NC1CC(c2ccccc2F)C1. The van der Waals surface area contributed by atoms with Crippen LogP contribution in [0.4, 0.5) is 4.39 Å². The van der Waals surface area contributed by atoms with E-state index in [2.05, 4.69) is 19.2 Å². The number of nitrogens with one attached hydrogen (secondary N) is 1. The van der Waals surface area contributed by atoms with E-state index in [9.17, 15) is 4.39 Å². The molecular formula is C16H24FN. The molecule has 0 saturated heterocycles. The van der Waals surface area contributed by atoms with Crippen LogP contribution in [0.15, 0.2) is 24.3 Å². The van der Waals surface area contributed by atoms with Gasteiger partial charge in [0.2, 0.25) is 0 Å². The zero-order valence-corrected chi connectivity index (χ0v) is 11.5. The second-order valence-electron chi connectivity index (χ2n) is 5.45. The molecule has 0 amide bonds. The molecule has 1 aromatic rings. The van der Waals surface area contributed by atoms with Crippen molar-refractivity contribution >= 4 is 0 Å². The molecule has 0 bridgehead atoms. The summed E-state index contributed by atoms with van der Waals surface area (Å²) in [6.45, 7) is 4.47. The molecule has 1 N–H and O–H groups in total. The summed E-state index contributed by atoms with van der Waals surface area (Å²) < 4.78 is 13.6. The second kappa shape index (κ2) is 6.33. The molecule has 100 valence electrons. The molecule has 0 radical (unpaired) electrons. The van der Waals surface area contributed by atoms with Gasteiger partial charge in [0, 0.05) is 12.1 Å². The molecule has 1 fully saturated rings. The first-order valence-corrected chi connectivity index (χ1v) is 7.25. The van der Waals surface area contributed by atoms with Gasteiger partial charge in [0.25, 0.3) is 0 Å². The fraction of sp³-hybridized carbons (Fsp3) is 0.625. The van der Waals surface area contributed by atoms with Crippen molar-refractivity contribution in [1.29, 1.82) is 0 Å². The lowest BCUT2D eigenvalue weighted by molar-refractivity contribution is 0.252. The summed E-state index contributed by atoms with van der Waals surface area (Å²) in [5.41, 5.74) is 0.902. The summed E-state index contributed by atoms with van der Waals surface area (Å²) in [5, 5.41) is 3.70. The van der Waals surface area contributed by atoms with Crippen LogP contribution in [0, 0.1) is 5.82 Å². The van der Waals surface area contributed by atoms with Crippen molar-refractivity contribution in [2.24, 2.45) is 0 Å². The fourth-order valence-electron chi connectivity index (χ4n) is 2.90. The summed E-state index contributed by atoms with van der Waals surface area (Å²) in [5.74, 6) is 0.379. The van der Waals surface area contributed by atoms with Crippen molar-refractivity contribution in [2.45, 2.75) is 64.0 Å². The zero-order valence-electron chi connectivity index (χ0n) is 11.5. The van der Waals surface area contributed by atoms with Gasteiger partial charge in [-0.2, -0.15) is 0 Å². The molecule has 0 aliphatic heterocycles. The van der Waals surface area contributed by atoms with Crippen molar-refractivity contribution < 1.29 is 4.39 Å². The zero-order chi connectivity index (χ0) is 13.0. The van der Waals surface area contributed by atoms with Gasteiger partial charge in [-0.1, -0.05) is 38.5 Å². The minimum Gasteiger partial charge on any atom is -0.311 e. The van der Waals surface area contributed by atoms with Gasteiger partial charge in [-0.05, 0) is 43.2 Å². The predicted octanol–water partition coefficient (Wildman–Crippen LogP) is 4.24. The van der Waals surface area contributed by atoms with Crippen LogP contribution in [-0.2, 0) is 0 Å². The Bertz CT molecular complexity index is 371. The number of hydrogen-bond donors (Lipinski definition) is 1. The molecule has 1 unspecified atom stereocenters. The van der Waals surface area contributed by atoms with Crippen molar-refractivity contribution in [2.75, 3.05) is 0 Å². The molecule has 0 heterocycles. The third-order valence-corrected chi connectivity index (χ3v) is 4.08. The van der Waals surface area contributed by atoms with E-state index in [0.29, 0.717) is 18.0 Å². The van der Waals surface area contributed by atoms with Crippen molar-refractivity contribution in [3.63, 3.8) is 0 Å². The standard InChI is InChI=1S/C16H24FN/c1-3-7-13(4-2)18-14-10-12(11-14)15-8-5-6-9-16(15)17/h5-6,8-9,12-14,18H,3-4,7,10-11H2,1-2H3. The highest BCUT2D eigenvalue weighted by Gasteiger charge is 2.32. The van der Waals surface area contributed by atoms with Crippen LogP contribution < -0.4 is 5.32 Å². The van der Waals surface area contributed by atoms with Gasteiger partial charge in [0.15, 0.2) is 0 Å². The average molecular weight is 249 g/mol. The van der Waals surface area contributed by atoms with E-state index in [0.717, 1.165) is 18.4 Å². The van der Waals surface area contributed by atoms with Crippen LogP contribution in [0.5, 0.6) is 0 Å². The van der Waals surface area contributed by atoms with Crippen LogP contribution in [0.1, 0.15) is 57.4 Å². The van der Waals surface area contributed by atoms with Gasteiger partial charge < -0.3 is 5.32 Å². The van der Waals surface area contributed by atoms with E-state index < -0.39 is 0 Å². The Morgan fingerprint density at radius 3 is 2.61 bits per heavy atom. The van der Waals surface area contributed by atoms with E-state index in [1.807, 2.05) is 12.1 Å². The maximum atomic E-state index is 13.6. The normalized spacial score (nSPS) is 24.6. The number of rotatable bonds is 6. The van der Waals surface area contributed by atoms with Crippen LogP contribution in [-0.4, -0.2) is 12.1 Å². The first kappa shape index (κ1) is 13.5. The Hall–Kier alpha value is -0.890. The van der Waals surface area contributed by atoms with E-state index in [-0.39, 0.29) is 5.82 Å². The lowest BCUT2D eigenvalue weighted by Gasteiger charge is -2.38. The Morgan fingerprint density at radius 2 is 2.00 bits per heavy atom. The van der Waals surface area contributed by atoms with Gasteiger partial charge in [0.05, 0.1) is 0 Å². The summed E-state index contributed by atoms with van der Waals surface area (Å²) in [6.07, 6.45) is 5.84. The van der Waals surface area contributed by atoms with Crippen molar-refractivity contribution in [3.8, 4) is 0 Å². The number of hydrogen-bond acceptors (Lipinski definition) is 1. The van der Waals surface area contributed by atoms with Gasteiger partial charge in [-0.3, -0.25) is 0 Å². The Balaban J connectivity index is 1.82. The van der Waals surface area contributed by atoms with E-state index in [1.165, 1.54) is 19.3 Å². The second-order valence-corrected chi connectivity index (χ2v) is 5.45. The predicted molar refractivity (Wildman–Crippen MR) is 74.3 cm³/mol. The summed E-state index contributed by atoms with van der Waals surface area (Å²) in [6, 6.07) is 8.43. The van der Waals surface area contributed by atoms with Crippen LogP contribution in [0.25, 0.3) is 0 Å². The highest BCUT2D eigenvalue weighted by Crippen LogP contribution is 2.38. The molecule has 0 aromatic heterocycles. The molecular weight excluding hydrogens is 225 g/mol. The minimum absolute atomic E-state index is 0.0402. The summed E-state index contributed by atoms with van der Waals surface area (Å²) in [7, 11) is 0. The van der Waals surface area contributed by atoms with Gasteiger partial charge in [-0.25, -0.2) is 4.39 Å². The molecule has 2 rings (SSSR count). The highest BCUT2D eigenvalue weighted by atomic mass is 19.1. The van der Waals surface area contributed by atoms with E-state index in [1.54, 1.807) is 12.1 Å². The van der Waals surface area contributed by atoms with E-state index >= 15 is 0 Å². The molecule has 0 spiro atoms. The van der Waals surface area contributed by atoms with Gasteiger partial charge >= 0.3 is 0 Å². The molecule has 1 nitrogen and oxygen atoms in total. The third kappa shape index (κ3) is 3.11. The molecule has 18 heavy (non-hydrogen) atoms. The maximum absolute atomic E-state index is 13.6. The minimum atomic E-state index is -0.0402.